The molecule has 0 heterocycles. The van der Waals surface area contributed by atoms with Crippen LogP contribution in [0.1, 0.15) is 38.2 Å². The van der Waals surface area contributed by atoms with E-state index in [0.717, 1.165) is 0 Å². The molecule has 0 radical (unpaired) electrons. The van der Waals surface area contributed by atoms with Crippen molar-refractivity contribution in [2.75, 3.05) is 0 Å². The molecule has 28 heavy (non-hydrogen) atoms. The number of hydrogen-bond acceptors (Lipinski definition) is 4. The van der Waals surface area contributed by atoms with Crippen molar-refractivity contribution in [3.8, 4) is 17.2 Å². The molecule has 0 unspecified atom stereocenters. The Morgan fingerprint density at radius 3 is 2.43 bits per heavy atom. The average Bonchev–Trinajstić information content (AvgIpc) is 2.69. The highest BCUT2D eigenvalue weighted by Crippen LogP contribution is 2.30. The van der Waals surface area contributed by atoms with Crippen molar-refractivity contribution in [1.82, 2.24) is 4.72 Å². The highest BCUT2D eigenvalue weighted by Gasteiger charge is 2.31. The van der Waals surface area contributed by atoms with Gasteiger partial charge in [-0.3, -0.25) is 0 Å². The average molecular weight is 395 g/mol. The van der Waals surface area contributed by atoms with Crippen molar-refractivity contribution in [3.63, 3.8) is 0 Å². The standard InChI is InChI=1S/C21H21N3O3S/c1-21(25)11-9-17(10-12-21)24-28(26,27)19-6-3-15(4-7-19)20-8-5-18(23-2)13-16(20)14-22/h3-8,13,17,24-25H,9-12H2,1H3. The summed E-state index contributed by atoms with van der Waals surface area (Å²) in [6.07, 6.45) is 2.33. The summed E-state index contributed by atoms with van der Waals surface area (Å²) < 4.78 is 28.0. The molecule has 0 aromatic heterocycles. The Balaban J connectivity index is 1.79. The van der Waals surface area contributed by atoms with Crippen molar-refractivity contribution < 1.29 is 13.5 Å². The van der Waals surface area contributed by atoms with Crippen molar-refractivity contribution in [2.45, 2.75) is 49.1 Å². The molecule has 0 amide bonds. The number of benzene rings is 2. The lowest BCUT2D eigenvalue weighted by atomic mass is 9.84. The molecule has 7 heteroatoms. The molecule has 1 aliphatic rings. The predicted octanol–water partition coefficient (Wildman–Crippen LogP) is 3.75. The molecular weight excluding hydrogens is 374 g/mol. The van der Waals surface area contributed by atoms with Gasteiger partial charge in [0.25, 0.3) is 0 Å². The lowest BCUT2D eigenvalue weighted by Crippen LogP contribution is -2.42. The van der Waals surface area contributed by atoms with E-state index >= 15 is 0 Å². The second-order valence-corrected chi connectivity index (χ2v) is 9.08. The summed E-state index contributed by atoms with van der Waals surface area (Å²) in [4.78, 5) is 3.48. The highest BCUT2D eigenvalue weighted by atomic mass is 32.2. The lowest BCUT2D eigenvalue weighted by Gasteiger charge is -2.33. The second-order valence-electron chi connectivity index (χ2n) is 7.37. The normalized spacial score (nSPS) is 22.2. The van der Waals surface area contributed by atoms with Crippen LogP contribution in [0.25, 0.3) is 16.0 Å². The molecule has 2 aromatic rings. The smallest absolute Gasteiger partial charge is 0.240 e. The van der Waals surface area contributed by atoms with Gasteiger partial charge in [-0.25, -0.2) is 18.0 Å². The largest absolute Gasteiger partial charge is 0.390 e. The third kappa shape index (κ3) is 4.40. The molecule has 0 aliphatic heterocycles. The van der Waals surface area contributed by atoms with Gasteiger partial charge in [0.1, 0.15) is 0 Å². The summed E-state index contributed by atoms with van der Waals surface area (Å²) in [5.41, 5.74) is 1.40. The Bertz CT molecular complexity index is 1050. The van der Waals surface area contributed by atoms with Crippen LogP contribution in [0.3, 0.4) is 0 Å². The SMILES string of the molecule is [C-]#[N+]c1ccc(-c2ccc(S(=O)(=O)NC3CCC(C)(O)CC3)cc2)c(C#N)c1. The predicted molar refractivity (Wildman–Crippen MR) is 106 cm³/mol. The fourth-order valence-electron chi connectivity index (χ4n) is 3.40. The number of nitrogens with zero attached hydrogens (tertiary/aromatic N) is 2. The summed E-state index contributed by atoms with van der Waals surface area (Å²) in [6.45, 7) is 8.82. The maximum Gasteiger partial charge on any atom is 0.240 e. The van der Waals surface area contributed by atoms with Gasteiger partial charge >= 0.3 is 0 Å². The van der Waals surface area contributed by atoms with E-state index in [9.17, 15) is 18.8 Å². The van der Waals surface area contributed by atoms with E-state index in [4.69, 9.17) is 6.57 Å². The maximum atomic E-state index is 12.7. The van der Waals surface area contributed by atoms with Crippen LogP contribution in [0.15, 0.2) is 47.4 Å². The van der Waals surface area contributed by atoms with Crippen LogP contribution in [0.4, 0.5) is 5.69 Å². The van der Waals surface area contributed by atoms with Crippen molar-refractivity contribution in [2.24, 2.45) is 0 Å². The van der Waals surface area contributed by atoms with E-state index in [1.807, 2.05) is 0 Å². The Hall–Kier alpha value is -2.71. The van der Waals surface area contributed by atoms with E-state index in [2.05, 4.69) is 15.6 Å². The first-order chi connectivity index (χ1) is 13.2. The van der Waals surface area contributed by atoms with Gasteiger partial charge in [0.05, 0.1) is 23.1 Å². The molecule has 0 saturated heterocycles. The molecule has 0 atom stereocenters. The van der Waals surface area contributed by atoms with Gasteiger partial charge in [-0.2, -0.15) is 5.26 Å². The van der Waals surface area contributed by atoms with E-state index in [1.165, 1.54) is 18.2 Å². The molecular formula is C21H21N3O3S. The molecule has 1 aliphatic carbocycles. The third-order valence-corrected chi connectivity index (χ3v) is 6.65. The van der Waals surface area contributed by atoms with Crippen LogP contribution >= 0.6 is 0 Å². The van der Waals surface area contributed by atoms with E-state index in [1.54, 1.807) is 31.2 Å². The van der Waals surface area contributed by atoms with Gasteiger partial charge in [-0.15, -0.1) is 0 Å². The van der Waals surface area contributed by atoms with Crippen LogP contribution < -0.4 is 4.72 Å². The zero-order valence-corrected chi connectivity index (χ0v) is 16.3. The third-order valence-electron chi connectivity index (χ3n) is 5.11. The molecule has 1 saturated carbocycles. The zero-order valence-electron chi connectivity index (χ0n) is 15.5. The van der Waals surface area contributed by atoms with Gasteiger partial charge < -0.3 is 5.11 Å². The number of nitriles is 1. The Labute approximate surface area is 165 Å². The number of nitrogens with one attached hydrogen (secondary N) is 1. The monoisotopic (exact) mass is 395 g/mol. The van der Waals surface area contributed by atoms with Crippen LogP contribution in [0.2, 0.25) is 0 Å². The minimum Gasteiger partial charge on any atom is -0.390 e. The first-order valence-electron chi connectivity index (χ1n) is 9.01. The minimum absolute atomic E-state index is 0.157. The summed E-state index contributed by atoms with van der Waals surface area (Å²) in [6, 6.07) is 13.1. The van der Waals surface area contributed by atoms with Crippen LogP contribution in [0.5, 0.6) is 0 Å². The van der Waals surface area contributed by atoms with Crippen molar-refractivity contribution >= 4 is 15.7 Å². The first kappa shape index (κ1) is 20.0. The van der Waals surface area contributed by atoms with Gasteiger partial charge in [-0.05, 0) is 61.9 Å². The quantitative estimate of drug-likeness (QED) is 0.771. The Morgan fingerprint density at radius 2 is 1.86 bits per heavy atom. The highest BCUT2D eigenvalue weighted by molar-refractivity contribution is 7.89. The number of hydrogen-bond donors (Lipinski definition) is 2. The Kier molecular flexibility index (Phi) is 5.53. The molecule has 2 aromatic carbocycles. The summed E-state index contributed by atoms with van der Waals surface area (Å²) in [7, 11) is -3.66. The fourth-order valence-corrected chi connectivity index (χ4v) is 4.71. The van der Waals surface area contributed by atoms with Gasteiger partial charge in [0, 0.05) is 11.6 Å². The summed E-state index contributed by atoms with van der Waals surface area (Å²) in [5, 5.41) is 19.3. The Morgan fingerprint density at radius 1 is 1.21 bits per heavy atom. The maximum absolute atomic E-state index is 12.7. The minimum atomic E-state index is -3.66. The zero-order chi connectivity index (χ0) is 20.4. The van der Waals surface area contributed by atoms with Gasteiger partial charge in [0.15, 0.2) is 5.69 Å². The summed E-state index contributed by atoms with van der Waals surface area (Å²) >= 11 is 0. The molecule has 144 valence electrons. The van der Waals surface area contributed by atoms with Crippen LogP contribution in [-0.2, 0) is 10.0 Å². The molecule has 1 fully saturated rings. The molecule has 0 bridgehead atoms. The van der Waals surface area contributed by atoms with Crippen molar-refractivity contribution in [3.05, 3.63) is 59.4 Å². The van der Waals surface area contributed by atoms with Crippen molar-refractivity contribution in [1.29, 1.82) is 5.26 Å². The molecule has 3 rings (SSSR count). The van der Waals surface area contributed by atoms with Gasteiger partial charge in [0.2, 0.25) is 10.0 Å². The molecule has 6 nitrogen and oxygen atoms in total. The van der Waals surface area contributed by atoms with E-state index in [-0.39, 0.29) is 10.9 Å². The van der Waals surface area contributed by atoms with E-state index < -0.39 is 15.6 Å². The van der Waals surface area contributed by atoms with Crippen LogP contribution in [-0.4, -0.2) is 25.2 Å². The topological polar surface area (TPSA) is 94.6 Å². The molecule has 0 spiro atoms. The van der Waals surface area contributed by atoms with Gasteiger partial charge in [-0.1, -0.05) is 24.3 Å². The number of aliphatic hydroxyl groups is 1. The number of sulfonamides is 1. The number of rotatable bonds is 4. The first-order valence-corrected chi connectivity index (χ1v) is 10.5. The summed E-state index contributed by atoms with van der Waals surface area (Å²) in [5.74, 6) is 0. The molecule has 2 N–H and O–H groups in total. The lowest BCUT2D eigenvalue weighted by molar-refractivity contribution is 0.0163. The van der Waals surface area contributed by atoms with E-state index in [0.29, 0.717) is 48.1 Å². The van der Waals surface area contributed by atoms with Crippen LogP contribution in [0, 0.1) is 17.9 Å². The fraction of sp³-hybridized carbons (Fsp3) is 0.333. The second kappa shape index (κ2) is 7.73.